The van der Waals surface area contributed by atoms with Crippen molar-refractivity contribution >= 4 is 28.5 Å². The maximum absolute atomic E-state index is 13.4. The molecular weight excluding hydrogens is 402 g/mol. The van der Waals surface area contributed by atoms with Gasteiger partial charge in [-0.2, -0.15) is 0 Å². The van der Waals surface area contributed by atoms with Crippen molar-refractivity contribution < 1.29 is 9.59 Å². The lowest BCUT2D eigenvalue weighted by Crippen LogP contribution is -2.39. The Bertz CT molecular complexity index is 1220. The average molecular weight is 428 g/mol. The van der Waals surface area contributed by atoms with E-state index in [1.807, 2.05) is 73.0 Å². The fourth-order valence-corrected chi connectivity index (χ4v) is 3.73. The number of para-hydroxylation sites is 3. The van der Waals surface area contributed by atoms with Gasteiger partial charge in [-0.1, -0.05) is 30.3 Å². The second kappa shape index (κ2) is 9.43. The summed E-state index contributed by atoms with van der Waals surface area (Å²) in [4.78, 5) is 36.3. The molecule has 7 heteroatoms. The number of imidazole rings is 1. The van der Waals surface area contributed by atoms with Gasteiger partial charge in [0, 0.05) is 24.1 Å². The van der Waals surface area contributed by atoms with Crippen molar-refractivity contribution in [3.05, 3.63) is 90.5 Å². The van der Waals surface area contributed by atoms with Gasteiger partial charge in [-0.3, -0.25) is 14.6 Å². The van der Waals surface area contributed by atoms with Crippen LogP contribution in [0, 0.1) is 0 Å². The Labute approximate surface area is 186 Å². The zero-order valence-electron chi connectivity index (χ0n) is 18.1. The number of anilines is 1. The lowest BCUT2D eigenvalue weighted by atomic mass is 10.2. The number of hydrogen-bond donors (Lipinski definition) is 1. The molecule has 0 unspecified atom stereocenters. The molecule has 0 spiro atoms. The molecule has 0 aliphatic heterocycles. The quantitative estimate of drug-likeness (QED) is 0.486. The number of fused-ring (bicyclic) bond motifs is 1. The molecule has 0 bridgehead atoms. The van der Waals surface area contributed by atoms with E-state index in [-0.39, 0.29) is 30.9 Å². The Morgan fingerprint density at radius 3 is 2.47 bits per heavy atom. The highest BCUT2D eigenvalue weighted by Crippen LogP contribution is 2.20. The Balaban J connectivity index is 1.61. The lowest BCUT2D eigenvalue weighted by molar-refractivity contribution is -0.119. The number of aromatic nitrogens is 3. The van der Waals surface area contributed by atoms with Crippen molar-refractivity contribution in [1.29, 1.82) is 0 Å². The molecule has 162 valence electrons. The van der Waals surface area contributed by atoms with E-state index < -0.39 is 0 Å². The van der Waals surface area contributed by atoms with Crippen molar-refractivity contribution in [2.75, 3.05) is 4.90 Å². The van der Waals surface area contributed by atoms with Crippen molar-refractivity contribution in [2.24, 2.45) is 0 Å². The first-order chi connectivity index (χ1) is 15.5. The Morgan fingerprint density at radius 1 is 1.00 bits per heavy atom. The minimum absolute atomic E-state index is 0.00609. The molecule has 4 aromatic rings. The number of amides is 2. The van der Waals surface area contributed by atoms with Gasteiger partial charge in [0.15, 0.2) is 0 Å². The third-order valence-corrected chi connectivity index (χ3v) is 5.18. The number of benzene rings is 2. The summed E-state index contributed by atoms with van der Waals surface area (Å²) in [6, 6.07) is 20.7. The molecule has 0 radical (unpaired) electrons. The molecule has 2 aromatic heterocycles. The summed E-state index contributed by atoms with van der Waals surface area (Å²) < 4.78 is 1.87. The van der Waals surface area contributed by atoms with Gasteiger partial charge in [-0.05, 0) is 50.2 Å². The van der Waals surface area contributed by atoms with Crippen molar-refractivity contribution in [2.45, 2.75) is 33.0 Å². The van der Waals surface area contributed by atoms with Crippen molar-refractivity contribution in [1.82, 2.24) is 19.9 Å². The largest absolute Gasteiger partial charge is 0.345 e. The van der Waals surface area contributed by atoms with E-state index in [9.17, 15) is 9.59 Å². The normalized spacial score (nSPS) is 11.0. The van der Waals surface area contributed by atoms with E-state index in [1.54, 1.807) is 23.2 Å². The average Bonchev–Trinajstić information content (AvgIpc) is 3.16. The molecule has 7 nitrogen and oxygen atoms in total. The second-order valence-electron chi connectivity index (χ2n) is 7.72. The summed E-state index contributed by atoms with van der Waals surface area (Å²) in [6.07, 6.45) is 3.14. The standard InChI is InChI=1S/C25H25N5O2/c1-18(2)30(20-10-4-3-5-11-20)24(31)17-29-22-13-7-6-12-21(22)28-23(29)16-27-25(32)19-9-8-14-26-15-19/h3-15,18H,16-17H2,1-2H3,(H,27,32). The predicted octanol–water partition coefficient (Wildman–Crippen LogP) is 3.80. The number of rotatable bonds is 7. The van der Waals surface area contributed by atoms with Crippen LogP contribution in [-0.4, -0.2) is 32.4 Å². The van der Waals surface area contributed by atoms with E-state index >= 15 is 0 Å². The highest BCUT2D eigenvalue weighted by Gasteiger charge is 2.22. The second-order valence-corrected chi connectivity index (χ2v) is 7.72. The summed E-state index contributed by atoms with van der Waals surface area (Å²) in [5, 5.41) is 2.89. The van der Waals surface area contributed by atoms with Crippen LogP contribution >= 0.6 is 0 Å². The topological polar surface area (TPSA) is 80.1 Å². The van der Waals surface area contributed by atoms with E-state index in [1.165, 1.54) is 6.20 Å². The van der Waals surface area contributed by atoms with Crippen LogP contribution in [0.4, 0.5) is 5.69 Å². The first kappa shape index (κ1) is 21.2. The van der Waals surface area contributed by atoms with Crippen LogP contribution in [0.5, 0.6) is 0 Å². The Hall–Kier alpha value is -4.00. The van der Waals surface area contributed by atoms with E-state index in [0.29, 0.717) is 11.4 Å². The molecule has 2 amide bonds. The summed E-state index contributed by atoms with van der Waals surface area (Å²) >= 11 is 0. The predicted molar refractivity (Wildman–Crippen MR) is 124 cm³/mol. The van der Waals surface area contributed by atoms with Gasteiger partial charge < -0.3 is 14.8 Å². The summed E-state index contributed by atoms with van der Waals surface area (Å²) in [7, 11) is 0. The van der Waals surface area contributed by atoms with Gasteiger partial charge in [0.05, 0.1) is 23.1 Å². The van der Waals surface area contributed by atoms with Gasteiger partial charge in [0.25, 0.3) is 5.91 Å². The van der Waals surface area contributed by atoms with Gasteiger partial charge in [0.2, 0.25) is 5.91 Å². The van der Waals surface area contributed by atoms with Crippen LogP contribution in [0.15, 0.2) is 79.1 Å². The molecule has 0 saturated carbocycles. The van der Waals surface area contributed by atoms with Crippen LogP contribution in [-0.2, 0) is 17.9 Å². The van der Waals surface area contributed by atoms with Crippen LogP contribution in [0.25, 0.3) is 11.0 Å². The highest BCUT2D eigenvalue weighted by atomic mass is 16.2. The van der Waals surface area contributed by atoms with Gasteiger partial charge in [-0.25, -0.2) is 4.98 Å². The minimum Gasteiger partial charge on any atom is -0.345 e. The fourth-order valence-electron chi connectivity index (χ4n) is 3.73. The number of carbonyl (C=O) groups is 2. The minimum atomic E-state index is -0.240. The van der Waals surface area contributed by atoms with E-state index in [0.717, 1.165) is 16.7 Å². The van der Waals surface area contributed by atoms with Gasteiger partial charge >= 0.3 is 0 Å². The maximum Gasteiger partial charge on any atom is 0.253 e. The highest BCUT2D eigenvalue weighted by molar-refractivity contribution is 5.95. The number of carbonyl (C=O) groups excluding carboxylic acids is 2. The van der Waals surface area contributed by atoms with Crippen molar-refractivity contribution in [3.8, 4) is 0 Å². The lowest BCUT2D eigenvalue weighted by Gasteiger charge is -2.27. The molecule has 32 heavy (non-hydrogen) atoms. The number of hydrogen-bond acceptors (Lipinski definition) is 4. The van der Waals surface area contributed by atoms with Crippen molar-refractivity contribution in [3.63, 3.8) is 0 Å². The number of nitrogens with zero attached hydrogens (tertiary/aromatic N) is 4. The monoisotopic (exact) mass is 427 g/mol. The first-order valence-electron chi connectivity index (χ1n) is 10.5. The third-order valence-electron chi connectivity index (χ3n) is 5.18. The number of nitrogens with one attached hydrogen (secondary N) is 1. The van der Waals surface area contributed by atoms with Crippen LogP contribution in [0.1, 0.15) is 30.0 Å². The fraction of sp³-hybridized carbons (Fsp3) is 0.200. The molecule has 0 atom stereocenters. The number of pyridine rings is 1. The SMILES string of the molecule is CC(C)N(C(=O)Cn1c(CNC(=O)c2cccnc2)nc2ccccc21)c1ccccc1. The first-order valence-corrected chi connectivity index (χ1v) is 10.5. The molecule has 4 rings (SSSR count). The maximum atomic E-state index is 13.4. The van der Waals surface area contributed by atoms with E-state index in [2.05, 4.69) is 15.3 Å². The van der Waals surface area contributed by atoms with Gasteiger partial charge in [0.1, 0.15) is 12.4 Å². The smallest absolute Gasteiger partial charge is 0.253 e. The molecule has 1 N–H and O–H groups in total. The molecule has 2 aromatic carbocycles. The van der Waals surface area contributed by atoms with Gasteiger partial charge in [-0.15, -0.1) is 0 Å². The van der Waals surface area contributed by atoms with Crippen LogP contribution in [0.2, 0.25) is 0 Å². The summed E-state index contributed by atoms with van der Waals surface area (Å²) in [6.45, 7) is 4.30. The molecule has 2 heterocycles. The third kappa shape index (κ3) is 4.51. The van der Waals surface area contributed by atoms with Crippen LogP contribution in [0.3, 0.4) is 0 Å². The Morgan fingerprint density at radius 2 is 1.75 bits per heavy atom. The Kier molecular flexibility index (Phi) is 6.26. The summed E-state index contributed by atoms with van der Waals surface area (Å²) in [5.41, 5.74) is 2.95. The zero-order chi connectivity index (χ0) is 22.5. The van der Waals surface area contributed by atoms with Crippen LogP contribution < -0.4 is 10.2 Å². The molecule has 0 fully saturated rings. The zero-order valence-corrected chi connectivity index (χ0v) is 18.1. The molecule has 0 aliphatic carbocycles. The molecule has 0 aliphatic rings. The van der Waals surface area contributed by atoms with E-state index in [4.69, 9.17) is 0 Å². The molecular formula is C25H25N5O2. The molecule has 0 saturated heterocycles. The summed E-state index contributed by atoms with van der Waals surface area (Å²) in [5.74, 6) is 0.332.